The summed E-state index contributed by atoms with van der Waals surface area (Å²) in [4.78, 5) is 26.5. The molecule has 0 fully saturated rings. The van der Waals surface area contributed by atoms with Crippen molar-refractivity contribution >= 4 is 12.1 Å². The highest BCUT2D eigenvalue weighted by Crippen LogP contribution is 2.29. The van der Waals surface area contributed by atoms with Crippen LogP contribution in [0.4, 0.5) is 4.79 Å². The number of carbonyl (C=O) groups excluding carboxylic acids is 2. The van der Waals surface area contributed by atoms with Crippen LogP contribution in [-0.4, -0.2) is 36.2 Å². The Kier molecular flexibility index (Phi) is 8.34. The molecular formula is C30H35NO4. The lowest BCUT2D eigenvalue weighted by molar-refractivity contribution is 0.0235. The Morgan fingerprint density at radius 1 is 0.857 bits per heavy atom. The van der Waals surface area contributed by atoms with Crippen LogP contribution in [0.2, 0.25) is 0 Å². The van der Waals surface area contributed by atoms with Crippen LogP contribution < -0.4 is 0 Å². The molecule has 35 heavy (non-hydrogen) atoms. The SMILES string of the molecule is COC(=O)c1cc(C)c(-c2ccc(CCN(Cc3ccccc3)C(=O)OC(C)(C)C)cc2)c(C)c1. The van der Waals surface area contributed by atoms with E-state index < -0.39 is 5.60 Å². The molecule has 3 rings (SSSR count). The van der Waals surface area contributed by atoms with Crippen LogP contribution in [0, 0.1) is 13.8 Å². The van der Waals surface area contributed by atoms with Crippen molar-refractivity contribution in [3.05, 3.63) is 94.5 Å². The van der Waals surface area contributed by atoms with Gasteiger partial charge in [-0.3, -0.25) is 0 Å². The fraction of sp³-hybridized carbons (Fsp3) is 0.333. The number of aryl methyl sites for hydroxylation is 2. The van der Waals surface area contributed by atoms with Crippen molar-refractivity contribution in [1.29, 1.82) is 0 Å². The Balaban J connectivity index is 1.75. The zero-order valence-electron chi connectivity index (χ0n) is 21.6. The molecule has 0 heterocycles. The van der Waals surface area contributed by atoms with Crippen molar-refractivity contribution in [2.45, 2.75) is 53.2 Å². The van der Waals surface area contributed by atoms with Crippen LogP contribution in [-0.2, 0) is 22.4 Å². The molecule has 0 aliphatic carbocycles. The number of hydrogen-bond donors (Lipinski definition) is 0. The van der Waals surface area contributed by atoms with E-state index in [2.05, 4.69) is 24.3 Å². The van der Waals surface area contributed by atoms with E-state index in [0.29, 0.717) is 25.1 Å². The van der Waals surface area contributed by atoms with Gasteiger partial charge in [-0.1, -0.05) is 54.6 Å². The normalized spacial score (nSPS) is 11.1. The third-order valence-electron chi connectivity index (χ3n) is 5.73. The zero-order chi connectivity index (χ0) is 25.6. The van der Waals surface area contributed by atoms with Gasteiger partial charge in [0.15, 0.2) is 0 Å². The quantitative estimate of drug-likeness (QED) is 0.357. The standard InChI is InChI=1S/C30H35NO4/c1-21-18-26(28(32)34-6)19-22(2)27(21)25-14-12-23(13-15-25)16-17-31(29(33)35-30(3,4)5)20-24-10-8-7-9-11-24/h7-15,18-19H,16-17,20H2,1-6H3. The second-order valence-electron chi connectivity index (χ2n) is 9.81. The predicted octanol–water partition coefficient (Wildman–Crippen LogP) is 6.74. The smallest absolute Gasteiger partial charge is 0.410 e. The Labute approximate surface area is 208 Å². The summed E-state index contributed by atoms with van der Waals surface area (Å²) in [6, 6.07) is 22.1. The monoisotopic (exact) mass is 473 g/mol. The number of nitrogens with zero attached hydrogens (tertiary/aromatic N) is 1. The van der Waals surface area contributed by atoms with E-state index in [4.69, 9.17) is 9.47 Å². The number of carbonyl (C=O) groups is 2. The fourth-order valence-corrected chi connectivity index (χ4v) is 4.12. The van der Waals surface area contributed by atoms with Crippen molar-refractivity contribution in [2.75, 3.05) is 13.7 Å². The van der Waals surface area contributed by atoms with E-state index in [1.54, 1.807) is 4.90 Å². The molecule has 0 spiro atoms. The number of esters is 1. The van der Waals surface area contributed by atoms with Crippen LogP contribution in [0.1, 0.15) is 53.4 Å². The zero-order valence-corrected chi connectivity index (χ0v) is 21.6. The molecule has 184 valence electrons. The average Bonchev–Trinajstić information content (AvgIpc) is 2.81. The summed E-state index contributed by atoms with van der Waals surface area (Å²) in [5, 5.41) is 0. The van der Waals surface area contributed by atoms with E-state index in [1.807, 2.05) is 77.1 Å². The third kappa shape index (κ3) is 7.19. The molecule has 0 unspecified atom stereocenters. The Morgan fingerprint density at radius 2 is 1.46 bits per heavy atom. The molecule has 0 saturated carbocycles. The van der Waals surface area contributed by atoms with Crippen LogP contribution >= 0.6 is 0 Å². The van der Waals surface area contributed by atoms with Gasteiger partial charge in [0, 0.05) is 13.1 Å². The maximum atomic E-state index is 12.9. The van der Waals surface area contributed by atoms with Crippen LogP contribution in [0.3, 0.4) is 0 Å². The van der Waals surface area contributed by atoms with E-state index in [1.165, 1.54) is 7.11 Å². The van der Waals surface area contributed by atoms with Gasteiger partial charge in [-0.05, 0) is 86.6 Å². The molecule has 0 aromatic heterocycles. The first-order valence-corrected chi connectivity index (χ1v) is 11.9. The molecule has 3 aromatic carbocycles. The van der Waals surface area contributed by atoms with Gasteiger partial charge in [0.2, 0.25) is 0 Å². The van der Waals surface area contributed by atoms with Crippen LogP contribution in [0.15, 0.2) is 66.7 Å². The van der Waals surface area contributed by atoms with Gasteiger partial charge in [-0.2, -0.15) is 0 Å². The molecule has 0 saturated heterocycles. The molecule has 3 aromatic rings. The third-order valence-corrected chi connectivity index (χ3v) is 5.73. The minimum atomic E-state index is -0.549. The van der Waals surface area contributed by atoms with E-state index >= 15 is 0 Å². The predicted molar refractivity (Wildman–Crippen MR) is 139 cm³/mol. The van der Waals surface area contributed by atoms with Gasteiger partial charge < -0.3 is 14.4 Å². The summed E-state index contributed by atoms with van der Waals surface area (Å²) in [6.45, 7) is 10.7. The largest absolute Gasteiger partial charge is 0.465 e. The van der Waals surface area contributed by atoms with Gasteiger partial charge >= 0.3 is 12.1 Å². The number of amides is 1. The number of hydrogen-bond acceptors (Lipinski definition) is 4. The van der Waals surface area contributed by atoms with Gasteiger partial charge in [-0.15, -0.1) is 0 Å². The molecule has 0 radical (unpaired) electrons. The molecule has 0 aliphatic heterocycles. The summed E-state index contributed by atoms with van der Waals surface area (Å²) in [5.74, 6) is -0.330. The highest BCUT2D eigenvalue weighted by molar-refractivity contribution is 5.91. The summed E-state index contributed by atoms with van der Waals surface area (Å²) < 4.78 is 10.5. The maximum Gasteiger partial charge on any atom is 0.410 e. The average molecular weight is 474 g/mol. The molecule has 1 amide bonds. The fourth-order valence-electron chi connectivity index (χ4n) is 4.12. The first-order chi connectivity index (χ1) is 16.6. The maximum absolute atomic E-state index is 12.9. The van der Waals surface area contributed by atoms with Crippen LogP contribution in [0.5, 0.6) is 0 Å². The number of benzene rings is 3. The second-order valence-corrected chi connectivity index (χ2v) is 9.81. The highest BCUT2D eigenvalue weighted by atomic mass is 16.6. The van der Waals surface area contributed by atoms with Crippen molar-refractivity contribution < 1.29 is 19.1 Å². The summed E-state index contributed by atoms with van der Waals surface area (Å²) in [5.41, 5.74) is 6.47. The van der Waals surface area contributed by atoms with Crippen molar-refractivity contribution in [3.63, 3.8) is 0 Å². The minimum Gasteiger partial charge on any atom is -0.465 e. The van der Waals surface area contributed by atoms with E-state index in [9.17, 15) is 9.59 Å². The van der Waals surface area contributed by atoms with Gasteiger partial charge in [0.1, 0.15) is 5.60 Å². The Hall–Kier alpha value is -3.60. The van der Waals surface area contributed by atoms with Gasteiger partial charge in [0.25, 0.3) is 0 Å². The van der Waals surface area contributed by atoms with E-state index in [0.717, 1.165) is 33.4 Å². The lowest BCUT2D eigenvalue weighted by Crippen LogP contribution is -2.37. The number of rotatable bonds is 7. The molecular weight excluding hydrogens is 438 g/mol. The van der Waals surface area contributed by atoms with Gasteiger partial charge in [0.05, 0.1) is 12.7 Å². The Bertz CT molecular complexity index is 1140. The number of methoxy groups -OCH3 is 1. The molecule has 5 nitrogen and oxygen atoms in total. The summed E-state index contributed by atoms with van der Waals surface area (Å²) >= 11 is 0. The minimum absolute atomic E-state index is 0.310. The van der Waals surface area contributed by atoms with Crippen molar-refractivity contribution in [3.8, 4) is 11.1 Å². The molecule has 0 atom stereocenters. The topological polar surface area (TPSA) is 55.8 Å². The molecule has 0 N–H and O–H groups in total. The molecule has 5 heteroatoms. The summed E-state index contributed by atoms with van der Waals surface area (Å²) in [7, 11) is 1.39. The van der Waals surface area contributed by atoms with E-state index in [-0.39, 0.29) is 12.1 Å². The van der Waals surface area contributed by atoms with Crippen LogP contribution in [0.25, 0.3) is 11.1 Å². The number of ether oxygens (including phenoxy) is 2. The molecule has 0 aliphatic rings. The van der Waals surface area contributed by atoms with Gasteiger partial charge in [-0.25, -0.2) is 9.59 Å². The second kappa shape index (κ2) is 11.2. The summed E-state index contributed by atoms with van der Waals surface area (Å²) in [6.07, 6.45) is 0.404. The van der Waals surface area contributed by atoms with Crippen molar-refractivity contribution in [2.24, 2.45) is 0 Å². The Morgan fingerprint density at radius 3 is 2.00 bits per heavy atom. The van der Waals surface area contributed by atoms with Crippen molar-refractivity contribution in [1.82, 2.24) is 4.90 Å². The lowest BCUT2D eigenvalue weighted by Gasteiger charge is -2.27. The first kappa shape index (κ1) is 26.0. The highest BCUT2D eigenvalue weighted by Gasteiger charge is 2.22. The molecule has 0 bridgehead atoms. The first-order valence-electron chi connectivity index (χ1n) is 11.9. The lowest BCUT2D eigenvalue weighted by atomic mass is 9.93.